The summed E-state index contributed by atoms with van der Waals surface area (Å²) in [5, 5.41) is 3.23. The molecule has 184 valence electrons. The van der Waals surface area contributed by atoms with Crippen molar-refractivity contribution in [1.29, 1.82) is 0 Å². The predicted molar refractivity (Wildman–Crippen MR) is 147 cm³/mol. The van der Waals surface area contributed by atoms with E-state index in [-0.39, 0.29) is 12.2 Å². The van der Waals surface area contributed by atoms with E-state index in [2.05, 4.69) is 27.9 Å². The number of benzene rings is 3. The molecule has 36 heavy (non-hydrogen) atoms. The topological polar surface area (TPSA) is 84.9 Å². The van der Waals surface area contributed by atoms with Crippen LogP contribution < -0.4 is 19.7 Å². The molecule has 4 rings (SSSR count). The van der Waals surface area contributed by atoms with Crippen molar-refractivity contribution in [2.75, 3.05) is 12.0 Å². The lowest BCUT2D eigenvalue weighted by Gasteiger charge is -2.26. The molecule has 0 saturated carbocycles. The molecule has 1 aliphatic heterocycles. The van der Waals surface area contributed by atoms with Gasteiger partial charge in [0.25, 0.3) is 11.8 Å². The molecule has 1 N–H and O–H groups in total. The molecule has 0 spiro atoms. The standard InChI is InChI=1S/C26H19Cl2IN2O5/c1-14-4-3-5-18(8-14)31-25(33)19(24(32)30-26(31)34)9-15-10-21(29)23(22(11-15)35-2)36-13-16-6-7-17(27)12-20(16)28/h3-12H,13H2,1-2H3,(H,30,32,34)/b19-9+. The summed E-state index contributed by atoms with van der Waals surface area (Å²) in [6, 6.07) is 14.6. The van der Waals surface area contributed by atoms with E-state index >= 15 is 0 Å². The van der Waals surface area contributed by atoms with Crippen LogP contribution in [0.3, 0.4) is 0 Å². The second kappa shape index (κ2) is 10.9. The number of halogens is 3. The van der Waals surface area contributed by atoms with Crippen molar-refractivity contribution in [3.8, 4) is 11.5 Å². The molecule has 1 saturated heterocycles. The highest BCUT2D eigenvalue weighted by Gasteiger charge is 2.36. The van der Waals surface area contributed by atoms with Crippen molar-refractivity contribution in [3.05, 3.63) is 90.5 Å². The molecule has 0 unspecified atom stereocenters. The first-order chi connectivity index (χ1) is 17.2. The number of nitrogens with zero attached hydrogens (tertiary/aromatic N) is 1. The Labute approximate surface area is 231 Å². The van der Waals surface area contributed by atoms with Crippen LogP contribution in [-0.4, -0.2) is 25.0 Å². The molecule has 0 aliphatic carbocycles. The number of rotatable bonds is 6. The van der Waals surface area contributed by atoms with Crippen LogP contribution >= 0.6 is 45.8 Å². The van der Waals surface area contributed by atoms with Crippen LogP contribution in [0.25, 0.3) is 6.08 Å². The average molecular weight is 637 g/mol. The summed E-state index contributed by atoms with van der Waals surface area (Å²) in [4.78, 5) is 39.1. The van der Waals surface area contributed by atoms with E-state index in [1.165, 1.54) is 13.2 Å². The number of carbonyl (C=O) groups is 3. The quantitative estimate of drug-likeness (QED) is 0.199. The molecule has 10 heteroatoms. The van der Waals surface area contributed by atoms with Gasteiger partial charge in [-0.3, -0.25) is 14.9 Å². The summed E-state index contributed by atoms with van der Waals surface area (Å²) in [6.07, 6.45) is 1.41. The molecule has 1 heterocycles. The van der Waals surface area contributed by atoms with Crippen LogP contribution in [0.15, 0.2) is 60.2 Å². The second-order valence-electron chi connectivity index (χ2n) is 7.86. The molecule has 3 aromatic rings. The summed E-state index contributed by atoms with van der Waals surface area (Å²) in [6.45, 7) is 2.02. The first kappa shape index (κ1) is 26.0. The number of anilines is 1. The van der Waals surface area contributed by atoms with Crippen LogP contribution in [0.1, 0.15) is 16.7 Å². The van der Waals surface area contributed by atoms with Crippen LogP contribution in [0.2, 0.25) is 10.0 Å². The zero-order valence-corrected chi connectivity index (χ0v) is 22.8. The highest BCUT2D eigenvalue weighted by molar-refractivity contribution is 14.1. The number of methoxy groups -OCH3 is 1. The lowest BCUT2D eigenvalue weighted by atomic mass is 10.1. The molecule has 0 bridgehead atoms. The van der Waals surface area contributed by atoms with Crippen LogP contribution in [-0.2, 0) is 16.2 Å². The minimum absolute atomic E-state index is 0.178. The van der Waals surface area contributed by atoms with Crippen molar-refractivity contribution >= 4 is 75.4 Å². The molecular weight excluding hydrogens is 618 g/mol. The summed E-state index contributed by atoms with van der Waals surface area (Å²) in [7, 11) is 1.49. The van der Waals surface area contributed by atoms with E-state index in [9.17, 15) is 14.4 Å². The Morgan fingerprint density at radius 3 is 2.53 bits per heavy atom. The number of amides is 4. The lowest BCUT2D eigenvalue weighted by Crippen LogP contribution is -2.54. The number of hydrogen-bond donors (Lipinski definition) is 1. The van der Waals surface area contributed by atoms with Crippen LogP contribution in [0, 0.1) is 10.5 Å². The number of imide groups is 2. The van der Waals surface area contributed by atoms with Gasteiger partial charge in [0.2, 0.25) is 0 Å². The van der Waals surface area contributed by atoms with E-state index in [1.807, 2.05) is 13.0 Å². The molecule has 0 radical (unpaired) electrons. The van der Waals surface area contributed by atoms with E-state index in [4.69, 9.17) is 32.7 Å². The van der Waals surface area contributed by atoms with Gasteiger partial charge in [-0.2, -0.15) is 0 Å². The van der Waals surface area contributed by atoms with Gasteiger partial charge in [0, 0.05) is 15.6 Å². The zero-order chi connectivity index (χ0) is 26.0. The van der Waals surface area contributed by atoms with Crippen LogP contribution in [0.4, 0.5) is 10.5 Å². The third kappa shape index (κ3) is 5.50. The first-order valence-electron chi connectivity index (χ1n) is 10.6. The Balaban J connectivity index is 1.64. The smallest absolute Gasteiger partial charge is 0.335 e. The van der Waals surface area contributed by atoms with Gasteiger partial charge in [0.15, 0.2) is 11.5 Å². The van der Waals surface area contributed by atoms with E-state index < -0.39 is 17.8 Å². The number of ether oxygens (including phenoxy) is 2. The molecule has 0 atom stereocenters. The lowest BCUT2D eigenvalue weighted by molar-refractivity contribution is -0.122. The number of hydrogen-bond acceptors (Lipinski definition) is 5. The third-order valence-electron chi connectivity index (χ3n) is 5.31. The molecule has 4 amide bonds. The van der Waals surface area contributed by atoms with Gasteiger partial charge >= 0.3 is 6.03 Å². The van der Waals surface area contributed by atoms with Crippen molar-refractivity contribution in [3.63, 3.8) is 0 Å². The Morgan fingerprint density at radius 2 is 1.83 bits per heavy atom. The highest BCUT2D eigenvalue weighted by atomic mass is 127. The van der Waals surface area contributed by atoms with Crippen molar-refractivity contribution in [2.45, 2.75) is 13.5 Å². The number of carbonyl (C=O) groups excluding carboxylic acids is 3. The maximum Gasteiger partial charge on any atom is 0.335 e. The summed E-state index contributed by atoms with van der Waals surface area (Å²) < 4.78 is 12.2. The zero-order valence-electron chi connectivity index (χ0n) is 19.1. The van der Waals surface area contributed by atoms with E-state index in [0.29, 0.717) is 36.4 Å². The molecular formula is C26H19Cl2IN2O5. The number of barbiturate groups is 1. The Morgan fingerprint density at radius 1 is 1.06 bits per heavy atom. The minimum Gasteiger partial charge on any atom is -0.493 e. The molecule has 7 nitrogen and oxygen atoms in total. The maximum absolute atomic E-state index is 13.2. The number of nitrogens with one attached hydrogen (secondary N) is 1. The fourth-order valence-electron chi connectivity index (χ4n) is 3.58. The van der Waals surface area contributed by atoms with Gasteiger partial charge in [-0.25, -0.2) is 9.69 Å². The largest absolute Gasteiger partial charge is 0.493 e. The first-order valence-corrected chi connectivity index (χ1v) is 12.4. The number of urea groups is 1. The van der Waals surface area contributed by atoms with E-state index in [1.54, 1.807) is 48.5 Å². The van der Waals surface area contributed by atoms with Gasteiger partial charge in [-0.1, -0.05) is 41.4 Å². The van der Waals surface area contributed by atoms with Gasteiger partial charge in [0.05, 0.1) is 16.4 Å². The van der Waals surface area contributed by atoms with Crippen molar-refractivity contribution in [1.82, 2.24) is 5.32 Å². The van der Waals surface area contributed by atoms with Gasteiger partial charge in [0.1, 0.15) is 12.2 Å². The SMILES string of the molecule is COc1cc(/C=C2\C(=O)NC(=O)N(c3cccc(C)c3)C2=O)cc(I)c1OCc1ccc(Cl)cc1Cl. The number of aryl methyl sites for hydroxylation is 1. The molecule has 0 aromatic heterocycles. The van der Waals surface area contributed by atoms with Crippen LogP contribution in [0.5, 0.6) is 11.5 Å². The van der Waals surface area contributed by atoms with Crippen molar-refractivity contribution < 1.29 is 23.9 Å². The molecule has 3 aromatic carbocycles. The highest BCUT2D eigenvalue weighted by Crippen LogP contribution is 2.36. The van der Waals surface area contributed by atoms with Gasteiger partial charge in [-0.05, 0) is 83.1 Å². The second-order valence-corrected chi connectivity index (χ2v) is 9.86. The molecule has 1 fully saturated rings. The Bertz CT molecular complexity index is 1420. The van der Waals surface area contributed by atoms with E-state index in [0.717, 1.165) is 16.0 Å². The summed E-state index contributed by atoms with van der Waals surface area (Å²) in [5.74, 6) is -0.627. The minimum atomic E-state index is -0.801. The average Bonchev–Trinajstić information content (AvgIpc) is 2.81. The normalized spacial score (nSPS) is 14.8. The van der Waals surface area contributed by atoms with Gasteiger partial charge in [-0.15, -0.1) is 0 Å². The summed E-state index contributed by atoms with van der Waals surface area (Å²) in [5.41, 5.74) is 2.31. The monoisotopic (exact) mass is 636 g/mol. The summed E-state index contributed by atoms with van der Waals surface area (Å²) >= 11 is 14.3. The Hall–Kier alpha value is -3.08. The maximum atomic E-state index is 13.2. The van der Waals surface area contributed by atoms with Crippen molar-refractivity contribution in [2.24, 2.45) is 0 Å². The van der Waals surface area contributed by atoms with Gasteiger partial charge < -0.3 is 9.47 Å². The fourth-order valence-corrected chi connectivity index (χ4v) is 4.82. The third-order valence-corrected chi connectivity index (χ3v) is 6.70. The predicted octanol–water partition coefficient (Wildman–Crippen LogP) is 6.16. The Kier molecular flexibility index (Phi) is 7.87. The molecule has 1 aliphatic rings. The fraction of sp³-hybridized carbons (Fsp3) is 0.115.